The van der Waals surface area contributed by atoms with Crippen LogP contribution in [-0.4, -0.2) is 22.5 Å². The zero-order chi connectivity index (χ0) is 16.2. The molecule has 1 aromatic rings. The van der Waals surface area contributed by atoms with Crippen LogP contribution in [0.3, 0.4) is 0 Å². The van der Waals surface area contributed by atoms with Gasteiger partial charge in [0.25, 0.3) is 0 Å². The molecule has 22 heavy (non-hydrogen) atoms. The Morgan fingerprint density at radius 2 is 1.77 bits per heavy atom. The van der Waals surface area contributed by atoms with Crippen LogP contribution in [0.5, 0.6) is 0 Å². The first-order chi connectivity index (χ1) is 10.4. The number of aliphatic carboxylic acids is 1. The Kier molecular flexibility index (Phi) is 5.22. The van der Waals surface area contributed by atoms with E-state index in [0.29, 0.717) is 12.3 Å². The summed E-state index contributed by atoms with van der Waals surface area (Å²) in [6.07, 6.45) is 3.87. The third kappa shape index (κ3) is 4.58. The number of carboxylic acids is 1. The molecule has 0 saturated heterocycles. The van der Waals surface area contributed by atoms with E-state index in [1.807, 2.05) is 12.1 Å². The molecule has 0 unspecified atom stereocenters. The summed E-state index contributed by atoms with van der Waals surface area (Å²) in [6.45, 7) is 4.36. The minimum absolute atomic E-state index is 0.0199. The molecule has 1 aliphatic rings. The lowest BCUT2D eigenvalue weighted by molar-refractivity contribution is -0.140. The monoisotopic (exact) mass is 303 g/mol. The normalized spacial score (nSPS) is 16.1. The summed E-state index contributed by atoms with van der Waals surface area (Å²) < 4.78 is 0. The van der Waals surface area contributed by atoms with Gasteiger partial charge in [-0.2, -0.15) is 0 Å². The molecule has 2 rings (SSSR count). The molecule has 4 nitrogen and oxygen atoms in total. The van der Waals surface area contributed by atoms with Gasteiger partial charge in [0.2, 0.25) is 5.91 Å². The summed E-state index contributed by atoms with van der Waals surface area (Å²) in [6, 6.07) is 8.11. The predicted molar refractivity (Wildman–Crippen MR) is 85.7 cm³/mol. The van der Waals surface area contributed by atoms with Crippen LogP contribution in [-0.2, 0) is 22.4 Å². The fourth-order valence-electron chi connectivity index (χ4n) is 3.03. The van der Waals surface area contributed by atoms with Crippen molar-refractivity contribution in [1.29, 1.82) is 0 Å². The van der Waals surface area contributed by atoms with Gasteiger partial charge in [-0.15, -0.1) is 0 Å². The summed E-state index contributed by atoms with van der Waals surface area (Å²) in [5, 5.41) is 11.9. The second kappa shape index (κ2) is 6.95. The van der Waals surface area contributed by atoms with Crippen molar-refractivity contribution in [2.75, 3.05) is 0 Å². The molecule has 1 saturated carbocycles. The molecule has 0 aliphatic heterocycles. The van der Waals surface area contributed by atoms with Crippen LogP contribution in [0.15, 0.2) is 24.3 Å². The van der Waals surface area contributed by atoms with Crippen LogP contribution in [0.4, 0.5) is 0 Å². The molecule has 0 bridgehead atoms. The standard InChI is InChI=1S/C18H25NO3/c1-13(2)10-14-4-6-15(7-5-14)11-16(20)19-18(8-3-9-18)12-17(21)22/h4-7,13H,3,8-12H2,1-2H3,(H,19,20)(H,21,22). The van der Waals surface area contributed by atoms with E-state index in [1.165, 1.54) is 5.56 Å². The number of carbonyl (C=O) groups is 2. The molecular weight excluding hydrogens is 278 g/mol. The molecule has 0 heterocycles. The van der Waals surface area contributed by atoms with Crippen molar-refractivity contribution in [3.8, 4) is 0 Å². The number of hydrogen-bond donors (Lipinski definition) is 2. The molecule has 0 atom stereocenters. The van der Waals surface area contributed by atoms with Gasteiger partial charge >= 0.3 is 5.97 Å². The van der Waals surface area contributed by atoms with Crippen LogP contribution in [0.1, 0.15) is 50.7 Å². The lowest BCUT2D eigenvalue weighted by Gasteiger charge is -2.41. The molecule has 120 valence electrons. The number of rotatable bonds is 7. The van der Waals surface area contributed by atoms with Crippen molar-refractivity contribution >= 4 is 11.9 Å². The average Bonchev–Trinajstić information content (AvgIpc) is 2.37. The number of carbonyl (C=O) groups excluding carboxylic acids is 1. The third-order valence-corrected chi connectivity index (χ3v) is 4.24. The maximum atomic E-state index is 12.2. The highest BCUT2D eigenvalue weighted by Gasteiger charge is 2.40. The number of hydrogen-bond acceptors (Lipinski definition) is 2. The van der Waals surface area contributed by atoms with Gasteiger partial charge in [-0.25, -0.2) is 0 Å². The predicted octanol–water partition coefficient (Wildman–Crippen LogP) is 2.94. The van der Waals surface area contributed by atoms with Gasteiger partial charge in [-0.05, 0) is 42.7 Å². The van der Waals surface area contributed by atoms with Gasteiger partial charge in [-0.1, -0.05) is 38.1 Å². The first-order valence-corrected chi connectivity index (χ1v) is 7.99. The number of amides is 1. The molecule has 0 aromatic heterocycles. The highest BCUT2D eigenvalue weighted by molar-refractivity contribution is 5.80. The fourth-order valence-corrected chi connectivity index (χ4v) is 3.03. The van der Waals surface area contributed by atoms with Crippen LogP contribution >= 0.6 is 0 Å². The molecule has 1 aromatic carbocycles. The Morgan fingerprint density at radius 3 is 2.23 bits per heavy atom. The highest BCUT2D eigenvalue weighted by Crippen LogP contribution is 2.34. The number of benzene rings is 1. The topological polar surface area (TPSA) is 66.4 Å². The van der Waals surface area contributed by atoms with Crippen molar-refractivity contribution in [2.24, 2.45) is 5.92 Å². The van der Waals surface area contributed by atoms with Crippen LogP contribution in [0.25, 0.3) is 0 Å². The van der Waals surface area contributed by atoms with E-state index in [4.69, 9.17) is 5.11 Å². The first kappa shape index (κ1) is 16.5. The Hall–Kier alpha value is -1.84. The van der Waals surface area contributed by atoms with Crippen molar-refractivity contribution in [2.45, 2.75) is 57.9 Å². The van der Waals surface area contributed by atoms with Crippen molar-refractivity contribution in [3.63, 3.8) is 0 Å². The zero-order valence-electron chi connectivity index (χ0n) is 13.4. The van der Waals surface area contributed by atoms with Gasteiger partial charge in [0, 0.05) is 0 Å². The fraction of sp³-hybridized carbons (Fsp3) is 0.556. The second-order valence-corrected chi connectivity index (χ2v) is 6.84. The molecule has 0 spiro atoms. The average molecular weight is 303 g/mol. The van der Waals surface area contributed by atoms with Crippen LogP contribution in [0.2, 0.25) is 0 Å². The number of nitrogens with one attached hydrogen (secondary N) is 1. The molecular formula is C18H25NO3. The summed E-state index contributed by atoms with van der Waals surface area (Å²) >= 11 is 0. The Labute approximate surface area is 131 Å². The van der Waals surface area contributed by atoms with Gasteiger partial charge in [0.05, 0.1) is 18.4 Å². The lowest BCUT2D eigenvalue weighted by Crippen LogP contribution is -2.55. The molecule has 4 heteroatoms. The summed E-state index contributed by atoms with van der Waals surface area (Å²) in [7, 11) is 0. The maximum Gasteiger partial charge on any atom is 0.305 e. The summed E-state index contributed by atoms with van der Waals surface area (Å²) in [5.41, 5.74) is 1.73. The molecule has 1 fully saturated rings. The third-order valence-electron chi connectivity index (χ3n) is 4.24. The Morgan fingerprint density at radius 1 is 1.18 bits per heavy atom. The van der Waals surface area contributed by atoms with Gasteiger partial charge in [0.1, 0.15) is 0 Å². The van der Waals surface area contributed by atoms with E-state index >= 15 is 0 Å². The number of carboxylic acid groups (broad SMARTS) is 1. The van der Waals surface area contributed by atoms with Crippen molar-refractivity contribution in [3.05, 3.63) is 35.4 Å². The van der Waals surface area contributed by atoms with E-state index in [9.17, 15) is 9.59 Å². The minimum atomic E-state index is -0.849. The smallest absolute Gasteiger partial charge is 0.305 e. The van der Waals surface area contributed by atoms with Crippen molar-refractivity contribution < 1.29 is 14.7 Å². The van der Waals surface area contributed by atoms with Gasteiger partial charge < -0.3 is 10.4 Å². The second-order valence-electron chi connectivity index (χ2n) is 6.84. The van der Waals surface area contributed by atoms with E-state index < -0.39 is 11.5 Å². The van der Waals surface area contributed by atoms with Gasteiger partial charge in [0.15, 0.2) is 0 Å². The molecule has 1 amide bonds. The molecule has 0 radical (unpaired) electrons. The quantitative estimate of drug-likeness (QED) is 0.814. The minimum Gasteiger partial charge on any atom is -0.481 e. The largest absolute Gasteiger partial charge is 0.481 e. The van der Waals surface area contributed by atoms with Crippen LogP contribution in [0, 0.1) is 5.92 Å². The van der Waals surface area contributed by atoms with Crippen molar-refractivity contribution in [1.82, 2.24) is 5.32 Å². The maximum absolute atomic E-state index is 12.2. The Bertz CT molecular complexity index is 530. The summed E-state index contributed by atoms with van der Waals surface area (Å²) in [4.78, 5) is 23.1. The Balaban J connectivity index is 1.90. The highest BCUT2D eigenvalue weighted by atomic mass is 16.4. The van der Waals surface area contributed by atoms with Gasteiger partial charge in [-0.3, -0.25) is 9.59 Å². The van der Waals surface area contributed by atoms with E-state index in [-0.39, 0.29) is 12.3 Å². The van der Waals surface area contributed by atoms with Crippen LogP contribution < -0.4 is 5.32 Å². The van der Waals surface area contributed by atoms with E-state index in [2.05, 4.69) is 31.3 Å². The zero-order valence-corrected chi connectivity index (χ0v) is 13.4. The SMILES string of the molecule is CC(C)Cc1ccc(CC(=O)NC2(CC(=O)O)CCC2)cc1. The van der Waals surface area contributed by atoms with E-state index in [0.717, 1.165) is 31.2 Å². The summed E-state index contributed by atoms with van der Waals surface area (Å²) in [5.74, 6) is -0.320. The lowest BCUT2D eigenvalue weighted by atomic mass is 9.74. The van der Waals surface area contributed by atoms with E-state index in [1.54, 1.807) is 0 Å². The first-order valence-electron chi connectivity index (χ1n) is 7.99. The molecule has 2 N–H and O–H groups in total. The molecule has 1 aliphatic carbocycles.